The van der Waals surface area contributed by atoms with Gasteiger partial charge in [0.05, 0.1) is 14.2 Å². The molecule has 144 valence electrons. The Hall–Kier alpha value is -3.27. The van der Waals surface area contributed by atoms with Gasteiger partial charge in [-0.15, -0.1) is 0 Å². The summed E-state index contributed by atoms with van der Waals surface area (Å²) >= 11 is 0. The largest absolute Gasteiger partial charge is 0.497 e. The third-order valence-corrected chi connectivity index (χ3v) is 4.76. The minimum Gasteiger partial charge on any atom is -0.497 e. The van der Waals surface area contributed by atoms with E-state index in [0.29, 0.717) is 6.42 Å². The Kier molecular flexibility index (Phi) is 6.33. The number of nitrogens with one attached hydrogen (secondary N) is 1. The average molecular weight is 375 g/mol. The first-order chi connectivity index (χ1) is 13.6. The van der Waals surface area contributed by atoms with Crippen molar-refractivity contribution < 1.29 is 14.3 Å². The number of aryl methyl sites for hydroxylation is 1. The van der Waals surface area contributed by atoms with Crippen LogP contribution in [0.5, 0.6) is 11.5 Å². The van der Waals surface area contributed by atoms with Gasteiger partial charge in [0.2, 0.25) is 5.91 Å². The first-order valence-corrected chi connectivity index (χ1v) is 9.23. The maximum Gasteiger partial charge on any atom is 0.225 e. The molecule has 0 fully saturated rings. The number of carbonyl (C=O) groups is 1. The standard InChI is InChI=1S/C24H25NO3/c1-17-4-10-20(11-5-17)25-24(26)16-23(18-6-12-21(27-2)13-7-18)19-8-14-22(28-3)15-9-19/h4-15,23H,16H2,1-3H3,(H,25,26). The van der Waals surface area contributed by atoms with Crippen molar-refractivity contribution in [2.45, 2.75) is 19.3 Å². The fraction of sp³-hybridized carbons (Fsp3) is 0.208. The van der Waals surface area contributed by atoms with Crippen LogP contribution in [0.25, 0.3) is 0 Å². The zero-order chi connectivity index (χ0) is 19.9. The van der Waals surface area contributed by atoms with E-state index in [1.54, 1.807) is 14.2 Å². The monoisotopic (exact) mass is 375 g/mol. The lowest BCUT2D eigenvalue weighted by Gasteiger charge is -2.19. The van der Waals surface area contributed by atoms with Crippen molar-refractivity contribution >= 4 is 11.6 Å². The second-order valence-corrected chi connectivity index (χ2v) is 6.72. The minimum atomic E-state index is -0.0674. The topological polar surface area (TPSA) is 47.6 Å². The highest BCUT2D eigenvalue weighted by Gasteiger charge is 2.19. The Morgan fingerprint density at radius 2 is 1.25 bits per heavy atom. The van der Waals surface area contributed by atoms with Crippen LogP contribution in [-0.2, 0) is 4.79 Å². The number of hydrogen-bond donors (Lipinski definition) is 1. The van der Waals surface area contributed by atoms with Crippen LogP contribution in [0, 0.1) is 6.92 Å². The highest BCUT2D eigenvalue weighted by atomic mass is 16.5. The summed E-state index contributed by atoms with van der Waals surface area (Å²) in [6.07, 6.45) is 0.340. The molecule has 0 bridgehead atoms. The van der Waals surface area contributed by atoms with Crippen molar-refractivity contribution in [3.8, 4) is 11.5 Å². The second kappa shape index (κ2) is 9.09. The van der Waals surface area contributed by atoms with Crippen LogP contribution in [0.3, 0.4) is 0 Å². The maximum atomic E-state index is 12.7. The Labute approximate surface area is 166 Å². The van der Waals surface area contributed by atoms with Gasteiger partial charge in [-0.05, 0) is 54.4 Å². The molecular formula is C24H25NO3. The molecule has 0 saturated carbocycles. The van der Waals surface area contributed by atoms with Gasteiger partial charge in [-0.2, -0.15) is 0 Å². The predicted octanol–water partition coefficient (Wildman–Crippen LogP) is 5.17. The van der Waals surface area contributed by atoms with E-state index in [9.17, 15) is 4.79 Å². The van der Waals surface area contributed by atoms with E-state index in [1.165, 1.54) is 0 Å². The fourth-order valence-corrected chi connectivity index (χ4v) is 3.13. The second-order valence-electron chi connectivity index (χ2n) is 6.72. The third kappa shape index (κ3) is 4.92. The lowest BCUT2D eigenvalue weighted by molar-refractivity contribution is -0.116. The van der Waals surface area contributed by atoms with Gasteiger partial charge in [-0.25, -0.2) is 0 Å². The summed E-state index contributed by atoms with van der Waals surface area (Å²) in [7, 11) is 3.29. The van der Waals surface area contributed by atoms with Gasteiger partial charge >= 0.3 is 0 Å². The van der Waals surface area contributed by atoms with Crippen LogP contribution in [0.2, 0.25) is 0 Å². The number of carbonyl (C=O) groups excluding carboxylic acids is 1. The molecule has 1 N–H and O–H groups in total. The van der Waals surface area contributed by atoms with Crippen molar-refractivity contribution in [2.24, 2.45) is 0 Å². The smallest absolute Gasteiger partial charge is 0.225 e. The van der Waals surface area contributed by atoms with Gasteiger partial charge in [0, 0.05) is 18.0 Å². The van der Waals surface area contributed by atoms with Crippen molar-refractivity contribution in [1.29, 1.82) is 0 Å². The Morgan fingerprint density at radius 1 is 0.786 bits per heavy atom. The van der Waals surface area contributed by atoms with E-state index in [2.05, 4.69) is 5.32 Å². The average Bonchev–Trinajstić information content (AvgIpc) is 2.74. The molecule has 0 spiro atoms. The molecule has 3 aromatic rings. The number of anilines is 1. The lowest BCUT2D eigenvalue weighted by Crippen LogP contribution is -2.16. The van der Waals surface area contributed by atoms with Crippen LogP contribution in [0.4, 0.5) is 5.69 Å². The summed E-state index contributed by atoms with van der Waals surface area (Å²) in [4.78, 5) is 12.7. The van der Waals surface area contributed by atoms with Crippen LogP contribution in [0.1, 0.15) is 29.0 Å². The SMILES string of the molecule is COc1ccc(C(CC(=O)Nc2ccc(C)cc2)c2ccc(OC)cc2)cc1. The Morgan fingerprint density at radius 3 is 1.68 bits per heavy atom. The zero-order valence-electron chi connectivity index (χ0n) is 16.4. The fourth-order valence-electron chi connectivity index (χ4n) is 3.13. The molecule has 4 nitrogen and oxygen atoms in total. The van der Waals surface area contributed by atoms with Gasteiger partial charge in [-0.1, -0.05) is 42.0 Å². The quantitative estimate of drug-likeness (QED) is 0.619. The molecular weight excluding hydrogens is 350 g/mol. The number of methoxy groups -OCH3 is 2. The summed E-state index contributed by atoms with van der Waals surface area (Å²) in [6.45, 7) is 2.02. The molecule has 0 aliphatic carbocycles. The summed E-state index contributed by atoms with van der Waals surface area (Å²) in [5.74, 6) is 1.49. The van der Waals surface area contributed by atoms with Crippen molar-refractivity contribution in [3.63, 3.8) is 0 Å². The van der Waals surface area contributed by atoms with Gasteiger partial charge in [0.25, 0.3) is 0 Å². The summed E-state index contributed by atoms with van der Waals surface area (Å²) in [5, 5.41) is 3.00. The van der Waals surface area contributed by atoms with E-state index in [0.717, 1.165) is 33.9 Å². The van der Waals surface area contributed by atoms with Crippen molar-refractivity contribution in [2.75, 3.05) is 19.5 Å². The van der Waals surface area contributed by atoms with Gasteiger partial charge in [-0.3, -0.25) is 4.79 Å². The number of amides is 1. The molecule has 0 aromatic heterocycles. The van der Waals surface area contributed by atoms with Gasteiger partial charge in [0.15, 0.2) is 0 Å². The molecule has 3 rings (SSSR count). The minimum absolute atomic E-state index is 0.0273. The number of rotatable bonds is 7. The first kappa shape index (κ1) is 19.5. The Balaban J connectivity index is 1.83. The highest BCUT2D eigenvalue weighted by Crippen LogP contribution is 2.31. The van der Waals surface area contributed by atoms with E-state index in [4.69, 9.17) is 9.47 Å². The van der Waals surface area contributed by atoms with E-state index in [1.807, 2.05) is 79.7 Å². The third-order valence-electron chi connectivity index (χ3n) is 4.76. The molecule has 1 amide bonds. The van der Waals surface area contributed by atoms with E-state index < -0.39 is 0 Å². The molecule has 28 heavy (non-hydrogen) atoms. The molecule has 0 saturated heterocycles. The van der Waals surface area contributed by atoms with Crippen LogP contribution < -0.4 is 14.8 Å². The summed E-state index contributed by atoms with van der Waals surface area (Å²) in [5.41, 5.74) is 4.08. The molecule has 0 aliphatic heterocycles. The zero-order valence-corrected chi connectivity index (χ0v) is 16.4. The molecule has 3 aromatic carbocycles. The molecule has 0 aliphatic rings. The van der Waals surface area contributed by atoms with Crippen LogP contribution in [0.15, 0.2) is 72.8 Å². The molecule has 0 heterocycles. The number of hydrogen-bond acceptors (Lipinski definition) is 3. The normalized spacial score (nSPS) is 10.6. The highest BCUT2D eigenvalue weighted by molar-refractivity contribution is 5.91. The number of ether oxygens (including phenoxy) is 2. The van der Waals surface area contributed by atoms with Crippen LogP contribution >= 0.6 is 0 Å². The molecule has 0 unspecified atom stereocenters. The first-order valence-electron chi connectivity index (χ1n) is 9.23. The van der Waals surface area contributed by atoms with Crippen molar-refractivity contribution in [1.82, 2.24) is 0 Å². The Bertz CT molecular complexity index is 853. The summed E-state index contributed by atoms with van der Waals surface area (Å²) < 4.78 is 10.5. The number of benzene rings is 3. The molecule has 4 heteroatoms. The maximum absolute atomic E-state index is 12.7. The van der Waals surface area contributed by atoms with Gasteiger partial charge < -0.3 is 14.8 Å². The molecule has 0 radical (unpaired) electrons. The summed E-state index contributed by atoms with van der Waals surface area (Å²) in [6, 6.07) is 23.5. The lowest BCUT2D eigenvalue weighted by atomic mass is 9.88. The van der Waals surface area contributed by atoms with Crippen molar-refractivity contribution in [3.05, 3.63) is 89.5 Å². The van der Waals surface area contributed by atoms with Gasteiger partial charge in [0.1, 0.15) is 11.5 Å². The van der Waals surface area contributed by atoms with Crippen LogP contribution in [-0.4, -0.2) is 20.1 Å². The van der Waals surface area contributed by atoms with E-state index in [-0.39, 0.29) is 11.8 Å². The van der Waals surface area contributed by atoms with E-state index >= 15 is 0 Å². The predicted molar refractivity (Wildman–Crippen MR) is 112 cm³/mol. The molecule has 0 atom stereocenters.